The van der Waals surface area contributed by atoms with E-state index < -0.39 is 24.2 Å². The molecule has 2 N–H and O–H groups in total. The summed E-state index contributed by atoms with van der Waals surface area (Å²) in [5, 5.41) is 2.35. The molecular formula is C20H22ClFN2O5. The molecule has 9 heteroatoms. The molecular weight excluding hydrogens is 403 g/mol. The van der Waals surface area contributed by atoms with E-state index in [1.807, 2.05) is 0 Å². The number of unbranched alkanes of at least 4 members (excludes halogenated alkanes) is 1. The molecule has 156 valence electrons. The molecule has 2 rings (SSSR count). The number of rotatable bonds is 10. The molecule has 0 aliphatic carbocycles. The first-order valence-electron chi connectivity index (χ1n) is 8.92. The van der Waals surface area contributed by atoms with Crippen molar-refractivity contribution in [3.63, 3.8) is 0 Å². The minimum Gasteiger partial charge on any atom is -0.493 e. The van der Waals surface area contributed by atoms with Crippen LogP contribution >= 0.6 is 11.6 Å². The van der Waals surface area contributed by atoms with Gasteiger partial charge in [0.25, 0.3) is 11.8 Å². The van der Waals surface area contributed by atoms with Crippen LogP contribution in [-0.4, -0.2) is 32.1 Å². The van der Waals surface area contributed by atoms with E-state index >= 15 is 0 Å². The summed E-state index contributed by atoms with van der Waals surface area (Å²) in [6, 6.07) is 8.46. The predicted molar refractivity (Wildman–Crippen MR) is 107 cm³/mol. The van der Waals surface area contributed by atoms with Crippen LogP contribution in [0.3, 0.4) is 0 Å². The lowest BCUT2D eigenvalue weighted by Crippen LogP contribution is -2.29. The topological polar surface area (TPSA) is 85.9 Å². The van der Waals surface area contributed by atoms with Crippen LogP contribution in [0.5, 0.6) is 11.5 Å². The number of methoxy groups -OCH3 is 1. The molecule has 0 bridgehead atoms. The van der Waals surface area contributed by atoms with Gasteiger partial charge in [0.05, 0.1) is 18.7 Å². The monoisotopic (exact) mass is 424 g/mol. The Bertz CT molecular complexity index is 863. The highest BCUT2D eigenvalue weighted by Crippen LogP contribution is 2.28. The molecule has 0 saturated carbocycles. The molecule has 0 radical (unpaired) electrons. The van der Waals surface area contributed by atoms with Crippen LogP contribution in [0.25, 0.3) is 0 Å². The van der Waals surface area contributed by atoms with E-state index in [0.717, 1.165) is 18.9 Å². The largest absolute Gasteiger partial charge is 0.493 e. The van der Waals surface area contributed by atoms with Crippen molar-refractivity contribution in [3.05, 3.63) is 52.8 Å². The fourth-order valence-electron chi connectivity index (χ4n) is 2.25. The number of hydrogen-bond donors (Lipinski definition) is 2. The van der Waals surface area contributed by atoms with E-state index in [-0.39, 0.29) is 10.6 Å². The number of amides is 2. The van der Waals surface area contributed by atoms with Crippen molar-refractivity contribution in [2.75, 3.05) is 25.6 Å². The van der Waals surface area contributed by atoms with E-state index in [9.17, 15) is 14.0 Å². The number of carbonyl (C=O) groups excluding carboxylic acids is 2. The first-order valence-corrected chi connectivity index (χ1v) is 9.30. The maximum Gasteiger partial charge on any atom is 0.274 e. The van der Waals surface area contributed by atoms with Gasteiger partial charge in [-0.2, -0.15) is 0 Å². The number of ether oxygens (including phenoxy) is 2. The Kier molecular flexibility index (Phi) is 8.69. The van der Waals surface area contributed by atoms with Gasteiger partial charge in [0.2, 0.25) is 0 Å². The fraction of sp³-hybridized carbons (Fsp3) is 0.300. The average Bonchev–Trinajstić information content (AvgIpc) is 2.71. The third-order valence-electron chi connectivity index (χ3n) is 3.75. The van der Waals surface area contributed by atoms with E-state index in [2.05, 4.69) is 17.7 Å². The van der Waals surface area contributed by atoms with Crippen molar-refractivity contribution < 1.29 is 28.3 Å². The number of carbonyl (C=O) groups is 2. The van der Waals surface area contributed by atoms with Gasteiger partial charge in [-0.25, -0.2) is 9.87 Å². The first kappa shape index (κ1) is 22.4. The number of hydroxylamine groups is 1. The lowest BCUT2D eigenvalue weighted by molar-refractivity contribution is -0.122. The van der Waals surface area contributed by atoms with Crippen molar-refractivity contribution in [3.8, 4) is 11.5 Å². The normalized spacial score (nSPS) is 10.3. The number of benzene rings is 2. The molecule has 0 unspecified atom stereocenters. The molecule has 0 heterocycles. The van der Waals surface area contributed by atoms with Gasteiger partial charge in [-0.1, -0.05) is 24.9 Å². The highest BCUT2D eigenvalue weighted by Gasteiger charge is 2.12. The van der Waals surface area contributed by atoms with Crippen LogP contribution < -0.4 is 20.3 Å². The Morgan fingerprint density at radius 1 is 1.14 bits per heavy atom. The number of hydrogen-bond acceptors (Lipinski definition) is 5. The smallest absolute Gasteiger partial charge is 0.274 e. The predicted octanol–water partition coefficient (Wildman–Crippen LogP) is 3.97. The molecule has 0 aromatic heterocycles. The van der Waals surface area contributed by atoms with Gasteiger partial charge >= 0.3 is 0 Å². The lowest BCUT2D eigenvalue weighted by atomic mass is 10.2. The van der Waals surface area contributed by atoms with Gasteiger partial charge in [-0.3, -0.25) is 14.4 Å². The molecule has 0 saturated heterocycles. The van der Waals surface area contributed by atoms with Crippen LogP contribution in [0.1, 0.15) is 30.1 Å². The zero-order valence-corrected chi connectivity index (χ0v) is 16.8. The van der Waals surface area contributed by atoms with Crippen molar-refractivity contribution in [2.45, 2.75) is 19.8 Å². The van der Waals surface area contributed by atoms with Crippen LogP contribution in [0, 0.1) is 5.82 Å². The maximum absolute atomic E-state index is 13.1. The Morgan fingerprint density at radius 2 is 1.93 bits per heavy atom. The summed E-state index contributed by atoms with van der Waals surface area (Å²) in [4.78, 5) is 28.9. The molecule has 29 heavy (non-hydrogen) atoms. The summed E-state index contributed by atoms with van der Waals surface area (Å²) in [5.41, 5.74) is 2.76. The third-order valence-corrected chi connectivity index (χ3v) is 4.04. The molecule has 0 spiro atoms. The minimum absolute atomic E-state index is 0.118. The summed E-state index contributed by atoms with van der Waals surface area (Å²) in [6.45, 7) is 2.16. The zero-order valence-electron chi connectivity index (χ0n) is 16.1. The molecule has 2 aromatic carbocycles. The number of nitrogens with one attached hydrogen (secondary N) is 2. The fourth-order valence-corrected chi connectivity index (χ4v) is 2.43. The highest BCUT2D eigenvalue weighted by atomic mass is 35.5. The van der Waals surface area contributed by atoms with E-state index in [1.165, 1.54) is 25.3 Å². The van der Waals surface area contributed by atoms with Crippen molar-refractivity contribution >= 4 is 29.1 Å². The summed E-state index contributed by atoms with van der Waals surface area (Å²) in [6.07, 6.45) is 1.91. The Balaban J connectivity index is 1.85. The van der Waals surface area contributed by atoms with Crippen molar-refractivity contribution in [1.29, 1.82) is 0 Å². The molecule has 0 atom stereocenters. The van der Waals surface area contributed by atoms with Gasteiger partial charge in [0.1, 0.15) is 5.82 Å². The molecule has 2 aromatic rings. The molecule has 0 aliphatic rings. The van der Waals surface area contributed by atoms with E-state index in [0.29, 0.717) is 23.8 Å². The van der Waals surface area contributed by atoms with Crippen molar-refractivity contribution in [2.24, 2.45) is 0 Å². The van der Waals surface area contributed by atoms with Crippen LogP contribution in [0.4, 0.5) is 10.1 Å². The standard InChI is InChI=1S/C20H22ClFN2O5/c1-3-4-9-28-17-8-5-13(10-18(17)27-2)20(26)24-29-12-19(25)23-14-6-7-16(22)15(21)11-14/h5-8,10-11H,3-4,9,12H2,1-2H3,(H,23,25)(H,24,26). The lowest BCUT2D eigenvalue weighted by Gasteiger charge is -2.12. The number of anilines is 1. The first-order chi connectivity index (χ1) is 13.9. The van der Waals surface area contributed by atoms with Crippen molar-refractivity contribution in [1.82, 2.24) is 5.48 Å². The summed E-state index contributed by atoms with van der Waals surface area (Å²) in [7, 11) is 1.48. The zero-order chi connectivity index (χ0) is 21.2. The van der Waals surface area contributed by atoms with Gasteiger partial charge in [0, 0.05) is 11.3 Å². The number of halogens is 2. The van der Waals surface area contributed by atoms with Gasteiger partial charge in [-0.15, -0.1) is 0 Å². The highest BCUT2D eigenvalue weighted by molar-refractivity contribution is 6.31. The quantitative estimate of drug-likeness (QED) is 0.445. The summed E-state index contributed by atoms with van der Waals surface area (Å²) in [5.74, 6) is -0.743. The average molecular weight is 425 g/mol. The molecule has 0 aliphatic heterocycles. The third kappa shape index (κ3) is 6.92. The van der Waals surface area contributed by atoms with Gasteiger partial charge in [0.15, 0.2) is 18.1 Å². The minimum atomic E-state index is -0.592. The van der Waals surface area contributed by atoms with Crippen LogP contribution in [0.2, 0.25) is 5.02 Å². The van der Waals surface area contributed by atoms with Crippen LogP contribution in [0.15, 0.2) is 36.4 Å². The Hall–Kier alpha value is -2.84. The van der Waals surface area contributed by atoms with E-state index in [4.69, 9.17) is 25.9 Å². The SMILES string of the molecule is CCCCOc1ccc(C(=O)NOCC(=O)Nc2ccc(F)c(Cl)c2)cc1OC. The second-order valence-corrected chi connectivity index (χ2v) is 6.37. The summed E-state index contributed by atoms with van der Waals surface area (Å²) >= 11 is 5.65. The van der Waals surface area contributed by atoms with E-state index in [1.54, 1.807) is 12.1 Å². The molecule has 2 amide bonds. The van der Waals surface area contributed by atoms with Gasteiger partial charge in [-0.05, 0) is 42.8 Å². The second kappa shape index (κ2) is 11.2. The summed E-state index contributed by atoms with van der Waals surface area (Å²) < 4.78 is 24.0. The molecule has 0 fully saturated rings. The Labute approximate surface area is 173 Å². The van der Waals surface area contributed by atoms with Gasteiger partial charge < -0.3 is 14.8 Å². The Morgan fingerprint density at radius 3 is 2.62 bits per heavy atom. The maximum atomic E-state index is 13.1. The second-order valence-electron chi connectivity index (χ2n) is 5.96. The molecule has 7 nitrogen and oxygen atoms in total. The van der Waals surface area contributed by atoms with Crippen LogP contribution in [-0.2, 0) is 9.63 Å².